The minimum atomic E-state index is -3.80. The van der Waals surface area contributed by atoms with Gasteiger partial charge in [0.15, 0.2) is 5.65 Å². The smallest absolute Gasteiger partial charge is 0.294 e. The quantitative estimate of drug-likeness (QED) is 0.343. The van der Waals surface area contributed by atoms with Crippen molar-refractivity contribution in [3.63, 3.8) is 0 Å². The van der Waals surface area contributed by atoms with Crippen LogP contribution in [0.1, 0.15) is 34.5 Å². The number of nitrogen functional groups attached to an aromatic ring is 1. The summed E-state index contributed by atoms with van der Waals surface area (Å²) in [5, 5.41) is 16.0. The number of aromatic nitrogens is 3. The lowest BCUT2D eigenvalue weighted by atomic mass is 9.96. The molecule has 0 bridgehead atoms. The Labute approximate surface area is 197 Å². The molecule has 0 fully saturated rings. The number of aliphatic hydroxyl groups is 1. The summed E-state index contributed by atoms with van der Waals surface area (Å²) in [5.74, 6) is -6.35. The second kappa shape index (κ2) is 9.34. The molecule has 0 saturated heterocycles. The average Bonchev–Trinajstić information content (AvgIpc) is 3.21. The van der Waals surface area contributed by atoms with E-state index < -0.39 is 36.1 Å². The van der Waals surface area contributed by atoms with Crippen molar-refractivity contribution in [2.75, 3.05) is 12.3 Å². The van der Waals surface area contributed by atoms with Gasteiger partial charge in [-0.05, 0) is 47.4 Å². The van der Waals surface area contributed by atoms with E-state index in [1.54, 1.807) is 19.1 Å². The summed E-state index contributed by atoms with van der Waals surface area (Å²) in [6.45, 7) is 0.436. The molecule has 2 heterocycles. The van der Waals surface area contributed by atoms with Gasteiger partial charge in [-0.2, -0.15) is 4.98 Å². The number of aryl methyl sites for hydroxylation is 1. The third-order valence-electron chi connectivity index (χ3n) is 5.57. The lowest BCUT2D eigenvalue weighted by Crippen LogP contribution is -2.41. The third kappa shape index (κ3) is 4.80. The zero-order valence-corrected chi connectivity index (χ0v) is 18.5. The summed E-state index contributed by atoms with van der Waals surface area (Å²) in [4.78, 5) is 16.9. The molecule has 0 aliphatic heterocycles. The van der Waals surface area contributed by atoms with E-state index in [1.807, 2.05) is 5.32 Å². The van der Waals surface area contributed by atoms with Gasteiger partial charge in [0, 0.05) is 11.8 Å². The molecule has 4 aromatic rings. The number of pyridine rings is 1. The predicted octanol–water partition coefficient (Wildman–Crippen LogP) is 3.92. The van der Waals surface area contributed by atoms with Gasteiger partial charge in [-0.25, -0.2) is 22.1 Å². The molecule has 35 heavy (non-hydrogen) atoms. The first-order chi connectivity index (χ1) is 16.6. The fraction of sp³-hybridized carbons (Fsp3) is 0.208. The number of halogens is 4. The number of amides is 1. The first-order valence-corrected chi connectivity index (χ1v) is 10.6. The van der Waals surface area contributed by atoms with Gasteiger partial charge < -0.3 is 16.2 Å². The van der Waals surface area contributed by atoms with E-state index in [2.05, 4.69) is 10.1 Å². The SMILES string of the molecule is CCc1ccc(-c2ccn3nc(N)nc3c2)c(F)c1C(=O)NCC(F)(F)C(O)c1ccc(F)cc1. The van der Waals surface area contributed by atoms with Gasteiger partial charge in [-0.15, -0.1) is 5.10 Å². The summed E-state index contributed by atoms with van der Waals surface area (Å²) >= 11 is 0. The van der Waals surface area contributed by atoms with Crippen molar-refractivity contribution in [2.24, 2.45) is 0 Å². The van der Waals surface area contributed by atoms with Crippen LogP contribution in [0.2, 0.25) is 0 Å². The highest BCUT2D eigenvalue weighted by Gasteiger charge is 2.40. The Morgan fingerprint density at radius 1 is 1.17 bits per heavy atom. The lowest BCUT2D eigenvalue weighted by Gasteiger charge is -2.23. The van der Waals surface area contributed by atoms with Crippen LogP contribution < -0.4 is 11.1 Å². The molecule has 0 saturated carbocycles. The van der Waals surface area contributed by atoms with Gasteiger partial charge in [0.2, 0.25) is 5.95 Å². The number of rotatable bonds is 7. The second-order valence-corrected chi connectivity index (χ2v) is 7.90. The van der Waals surface area contributed by atoms with Gasteiger partial charge in [0.25, 0.3) is 11.8 Å². The number of nitrogens with zero attached hydrogens (tertiary/aromatic N) is 3. The largest absolute Gasteiger partial charge is 0.382 e. The summed E-state index contributed by atoms with van der Waals surface area (Å²) in [6, 6.07) is 10.0. The van der Waals surface area contributed by atoms with Crippen LogP contribution >= 0.6 is 0 Å². The minimum Gasteiger partial charge on any atom is -0.382 e. The van der Waals surface area contributed by atoms with Crippen molar-refractivity contribution in [3.05, 3.63) is 83.1 Å². The molecular formula is C24H21F4N5O2. The van der Waals surface area contributed by atoms with Gasteiger partial charge in [0.1, 0.15) is 17.7 Å². The Bertz CT molecular complexity index is 1390. The van der Waals surface area contributed by atoms with E-state index in [0.717, 1.165) is 24.3 Å². The number of nitrogens with one attached hydrogen (secondary N) is 1. The van der Waals surface area contributed by atoms with Crippen LogP contribution in [-0.4, -0.2) is 38.1 Å². The molecule has 2 aromatic carbocycles. The van der Waals surface area contributed by atoms with Gasteiger partial charge in [-0.1, -0.05) is 31.2 Å². The molecule has 0 spiro atoms. The maximum Gasteiger partial charge on any atom is 0.294 e. The monoisotopic (exact) mass is 487 g/mol. The Kier molecular flexibility index (Phi) is 6.44. The number of benzene rings is 2. The van der Waals surface area contributed by atoms with Crippen molar-refractivity contribution in [2.45, 2.75) is 25.4 Å². The number of aliphatic hydroxyl groups excluding tert-OH is 1. The Morgan fingerprint density at radius 2 is 1.89 bits per heavy atom. The highest BCUT2D eigenvalue weighted by Crippen LogP contribution is 2.32. The van der Waals surface area contributed by atoms with E-state index in [4.69, 9.17) is 5.73 Å². The summed E-state index contributed by atoms with van der Waals surface area (Å²) in [6.07, 6.45) is -0.500. The molecule has 4 rings (SSSR count). The fourth-order valence-corrected chi connectivity index (χ4v) is 3.72. The molecule has 182 valence electrons. The van der Waals surface area contributed by atoms with Crippen LogP contribution in [0.3, 0.4) is 0 Å². The highest BCUT2D eigenvalue weighted by molar-refractivity contribution is 5.97. The topological polar surface area (TPSA) is 106 Å². The number of anilines is 1. The molecule has 4 N–H and O–H groups in total. The Morgan fingerprint density at radius 3 is 2.57 bits per heavy atom. The molecule has 1 unspecified atom stereocenters. The van der Waals surface area contributed by atoms with Crippen LogP contribution in [0.5, 0.6) is 0 Å². The number of alkyl halides is 2. The molecule has 7 nitrogen and oxygen atoms in total. The lowest BCUT2D eigenvalue weighted by molar-refractivity contribution is -0.106. The van der Waals surface area contributed by atoms with Crippen molar-refractivity contribution in [1.29, 1.82) is 0 Å². The van der Waals surface area contributed by atoms with Crippen LogP contribution in [-0.2, 0) is 6.42 Å². The van der Waals surface area contributed by atoms with Gasteiger partial charge in [-0.3, -0.25) is 4.79 Å². The number of carbonyl (C=O) groups excluding carboxylic acids is 1. The van der Waals surface area contributed by atoms with Crippen LogP contribution in [0.4, 0.5) is 23.5 Å². The van der Waals surface area contributed by atoms with Crippen LogP contribution in [0.15, 0.2) is 54.7 Å². The van der Waals surface area contributed by atoms with Crippen molar-refractivity contribution in [1.82, 2.24) is 19.9 Å². The zero-order chi connectivity index (χ0) is 25.3. The van der Waals surface area contributed by atoms with Gasteiger partial charge in [0.05, 0.1) is 12.1 Å². The molecule has 11 heteroatoms. The molecule has 0 aliphatic rings. The standard InChI is InChI=1S/C24H21F4N5O2/c1-2-13-5-8-17(15-9-10-33-18(11-15)31-23(29)32-33)20(26)19(13)22(35)30-12-24(27,28)21(34)14-3-6-16(25)7-4-14/h3-11,21,34H,2,12H2,1H3,(H2,29,32)(H,30,35). The van der Waals surface area contributed by atoms with E-state index in [0.29, 0.717) is 16.8 Å². The Balaban J connectivity index is 1.60. The van der Waals surface area contributed by atoms with E-state index in [9.17, 15) is 23.1 Å². The number of fused-ring (bicyclic) bond motifs is 1. The van der Waals surface area contributed by atoms with Crippen LogP contribution in [0.25, 0.3) is 16.8 Å². The fourth-order valence-electron chi connectivity index (χ4n) is 3.72. The number of hydrogen-bond donors (Lipinski definition) is 3. The first-order valence-electron chi connectivity index (χ1n) is 10.6. The number of hydrogen-bond acceptors (Lipinski definition) is 5. The summed E-state index contributed by atoms with van der Waals surface area (Å²) in [7, 11) is 0. The van der Waals surface area contributed by atoms with E-state index in [-0.39, 0.29) is 29.1 Å². The molecule has 2 aromatic heterocycles. The van der Waals surface area contributed by atoms with Crippen LogP contribution in [0, 0.1) is 11.6 Å². The van der Waals surface area contributed by atoms with E-state index >= 15 is 4.39 Å². The highest BCUT2D eigenvalue weighted by atomic mass is 19.3. The molecular weight excluding hydrogens is 466 g/mol. The zero-order valence-electron chi connectivity index (χ0n) is 18.5. The second-order valence-electron chi connectivity index (χ2n) is 7.90. The summed E-state index contributed by atoms with van der Waals surface area (Å²) < 4.78 is 59.2. The Hall–Kier alpha value is -3.99. The maximum absolute atomic E-state index is 15.5. The maximum atomic E-state index is 15.5. The molecule has 1 amide bonds. The normalized spacial score (nSPS) is 12.6. The third-order valence-corrected chi connectivity index (χ3v) is 5.57. The van der Waals surface area contributed by atoms with E-state index in [1.165, 1.54) is 22.8 Å². The predicted molar refractivity (Wildman–Crippen MR) is 121 cm³/mol. The van der Waals surface area contributed by atoms with Gasteiger partial charge >= 0.3 is 0 Å². The molecule has 0 aliphatic carbocycles. The molecule has 1 atom stereocenters. The number of nitrogens with two attached hydrogens (primary N) is 1. The molecule has 0 radical (unpaired) electrons. The number of carbonyl (C=O) groups is 1. The van der Waals surface area contributed by atoms with Crippen molar-refractivity contribution < 1.29 is 27.5 Å². The van der Waals surface area contributed by atoms with Crippen molar-refractivity contribution >= 4 is 17.5 Å². The minimum absolute atomic E-state index is 0.0350. The first kappa shape index (κ1) is 24.1. The average molecular weight is 487 g/mol. The summed E-state index contributed by atoms with van der Waals surface area (Å²) in [5.41, 5.74) is 6.11. The van der Waals surface area contributed by atoms with Crippen molar-refractivity contribution in [3.8, 4) is 11.1 Å².